The maximum atomic E-state index is 13.6. The zero-order chi connectivity index (χ0) is 42.0. The van der Waals surface area contributed by atoms with E-state index >= 15 is 0 Å². The Labute approximate surface area is 342 Å². The Kier molecular flexibility index (Phi) is 12.0. The Morgan fingerprint density at radius 1 is 0.746 bits per heavy atom. The summed E-state index contributed by atoms with van der Waals surface area (Å²) in [6.45, 7) is 8.17. The summed E-state index contributed by atoms with van der Waals surface area (Å²) in [5.74, 6) is 0.476. The smallest absolute Gasteiger partial charge is 0.407 e. The lowest BCUT2D eigenvalue weighted by molar-refractivity contribution is -0.136. The van der Waals surface area contributed by atoms with Crippen molar-refractivity contribution in [3.05, 3.63) is 78.6 Å². The molecule has 5 aromatic rings. The van der Waals surface area contributed by atoms with Gasteiger partial charge in [-0.3, -0.25) is 9.59 Å². The van der Waals surface area contributed by atoms with Gasteiger partial charge in [-0.2, -0.15) is 0 Å². The van der Waals surface area contributed by atoms with Gasteiger partial charge in [0, 0.05) is 36.0 Å². The van der Waals surface area contributed by atoms with Crippen molar-refractivity contribution in [3.8, 4) is 33.8 Å². The highest BCUT2D eigenvalue weighted by atomic mass is 16.5. The molecular weight excluding hydrogens is 755 g/mol. The number of pyridine rings is 1. The van der Waals surface area contributed by atoms with E-state index in [1.807, 2.05) is 76.2 Å². The molecule has 2 fully saturated rings. The molecule has 3 aromatic heterocycles. The third-order valence-electron chi connectivity index (χ3n) is 11.2. The molecule has 0 saturated carbocycles. The number of ether oxygens (including phenoxy) is 2. The Morgan fingerprint density at radius 2 is 1.31 bits per heavy atom. The van der Waals surface area contributed by atoms with Gasteiger partial charge in [0.15, 0.2) is 0 Å². The van der Waals surface area contributed by atoms with Gasteiger partial charge < -0.3 is 45.0 Å². The molecule has 16 heteroatoms. The van der Waals surface area contributed by atoms with Crippen LogP contribution in [0, 0.1) is 11.8 Å². The first-order chi connectivity index (χ1) is 28.3. The number of alkyl carbamates (subject to hydrolysis) is 2. The lowest BCUT2D eigenvalue weighted by Crippen LogP contribution is -2.51. The Morgan fingerprint density at radius 3 is 1.92 bits per heavy atom. The van der Waals surface area contributed by atoms with Crippen molar-refractivity contribution in [3.63, 3.8) is 0 Å². The third kappa shape index (κ3) is 8.63. The number of aromatic nitrogens is 5. The average molecular weight is 806 g/mol. The van der Waals surface area contributed by atoms with E-state index < -0.39 is 36.4 Å². The van der Waals surface area contributed by atoms with E-state index in [1.54, 1.807) is 22.2 Å². The Hall–Kier alpha value is -6.29. The molecule has 0 aliphatic carbocycles. The van der Waals surface area contributed by atoms with E-state index in [9.17, 15) is 24.3 Å². The molecule has 2 aliphatic heterocycles. The van der Waals surface area contributed by atoms with Gasteiger partial charge in [-0.25, -0.2) is 24.5 Å². The first-order valence-electron chi connectivity index (χ1n) is 19.9. The van der Waals surface area contributed by atoms with Crippen LogP contribution in [0.3, 0.4) is 0 Å². The van der Waals surface area contributed by atoms with Crippen LogP contribution in [0.25, 0.3) is 44.7 Å². The maximum Gasteiger partial charge on any atom is 0.407 e. The first kappa shape index (κ1) is 40.9. The number of likely N-dealkylation sites (tertiary alicyclic amines) is 2. The number of imidazole rings is 2. The van der Waals surface area contributed by atoms with Gasteiger partial charge >= 0.3 is 12.2 Å². The molecule has 5 heterocycles. The SMILES string of the molecule is COC(=O)NC(C(=O)N1CCCC1c1ncc(-c2ccc3nc(-c4ccc(-c5cnc(C6CC(O)CN6C(=O)C(NC(=O)OC)C(C)C)[nH]5)cc4)ccc3c2)[nH]1)C(C)C. The van der Waals surface area contributed by atoms with Crippen LogP contribution in [0.15, 0.2) is 67.0 Å². The number of aliphatic hydroxyl groups excluding tert-OH is 1. The second kappa shape index (κ2) is 17.3. The number of benzene rings is 2. The molecule has 2 aromatic carbocycles. The highest BCUT2D eigenvalue weighted by molar-refractivity contribution is 5.88. The number of carbonyl (C=O) groups excluding carboxylic acids is 4. The van der Waals surface area contributed by atoms with Crippen LogP contribution in [0.5, 0.6) is 0 Å². The van der Waals surface area contributed by atoms with Crippen molar-refractivity contribution in [1.82, 2.24) is 45.4 Å². The Balaban J connectivity index is 1.03. The molecular formula is C43H51N9O7. The summed E-state index contributed by atoms with van der Waals surface area (Å²) in [6, 6.07) is 15.8. The Bertz CT molecular complexity index is 2320. The normalized spacial score (nSPS) is 19.0. The zero-order valence-corrected chi connectivity index (χ0v) is 34.1. The van der Waals surface area contributed by atoms with E-state index in [0.717, 1.165) is 57.5 Å². The predicted molar refractivity (Wildman–Crippen MR) is 219 cm³/mol. The van der Waals surface area contributed by atoms with Gasteiger partial charge in [-0.1, -0.05) is 64.1 Å². The van der Waals surface area contributed by atoms with Crippen molar-refractivity contribution >= 4 is 34.9 Å². The highest BCUT2D eigenvalue weighted by Gasteiger charge is 2.41. The summed E-state index contributed by atoms with van der Waals surface area (Å²) >= 11 is 0. The van der Waals surface area contributed by atoms with Crippen molar-refractivity contribution < 1.29 is 33.8 Å². The standard InChI is InChI=1S/C43H51N9O7/c1-23(2)36(49-42(56)58-5)40(54)51-17-7-8-34(51)38-44-21-33(48-38)28-14-16-31-27(18-28)13-15-30(46-31)25-9-11-26(12-10-25)32-20-45-39(47-32)35-19-29(53)22-52(35)41(55)37(24(3)4)50-43(57)59-6/h9-16,18,20-21,23-24,29,34-37,53H,7-8,17,19,22H2,1-6H3,(H,44,48)(H,45,47)(H,49,56)(H,50,57). The molecule has 310 valence electrons. The lowest BCUT2D eigenvalue weighted by atomic mass is 10.0. The highest BCUT2D eigenvalue weighted by Crippen LogP contribution is 2.35. The number of H-pyrrole nitrogens is 2. The number of aliphatic hydroxyl groups is 1. The molecule has 4 amide bonds. The minimum absolute atomic E-state index is 0.118. The second-order valence-electron chi connectivity index (χ2n) is 15.8. The molecule has 0 bridgehead atoms. The molecule has 5 unspecified atom stereocenters. The van der Waals surface area contributed by atoms with Crippen molar-refractivity contribution in [2.24, 2.45) is 11.8 Å². The minimum Gasteiger partial charge on any atom is -0.453 e. The summed E-state index contributed by atoms with van der Waals surface area (Å²) in [5.41, 5.74) is 6.00. The third-order valence-corrected chi connectivity index (χ3v) is 11.2. The van der Waals surface area contributed by atoms with Crippen molar-refractivity contribution in [2.45, 2.75) is 77.2 Å². The number of hydrogen-bond donors (Lipinski definition) is 5. The topological polar surface area (TPSA) is 208 Å². The summed E-state index contributed by atoms with van der Waals surface area (Å²) in [7, 11) is 2.53. The molecule has 2 saturated heterocycles. The largest absolute Gasteiger partial charge is 0.453 e. The van der Waals surface area contributed by atoms with Crippen LogP contribution in [-0.4, -0.2) is 109 Å². The van der Waals surface area contributed by atoms with E-state index in [4.69, 9.17) is 14.5 Å². The second-order valence-corrected chi connectivity index (χ2v) is 15.8. The van der Waals surface area contributed by atoms with Crippen LogP contribution < -0.4 is 10.6 Å². The number of nitrogens with one attached hydrogen (secondary N) is 4. The van der Waals surface area contributed by atoms with Gasteiger partial charge in [-0.05, 0) is 48.4 Å². The van der Waals surface area contributed by atoms with Crippen LogP contribution in [0.2, 0.25) is 0 Å². The van der Waals surface area contributed by atoms with Gasteiger partial charge in [0.05, 0.1) is 67.4 Å². The molecule has 7 rings (SSSR count). The van der Waals surface area contributed by atoms with Gasteiger partial charge in [-0.15, -0.1) is 0 Å². The van der Waals surface area contributed by atoms with Crippen LogP contribution in [0.1, 0.15) is 70.7 Å². The number of amides is 4. The fourth-order valence-corrected chi connectivity index (χ4v) is 7.97. The minimum atomic E-state index is -0.816. The molecule has 2 aliphatic rings. The molecule has 0 spiro atoms. The van der Waals surface area contributed by atoms with E-state index in [-0.39, 0.29) is 36.2 Å². The monoisotopic (exact) mass is 805 g/mol. The quantitative estimate of drug-likeness (QED) is 0.109. The number of aromatic amines is 2. The van der Waals surface area contributed by atoms with E-state index in [2.05, 4.69) is 36.6 Å². The molecule has 5 atom stereocenters. The summed E-state index contributed by atoms with van der Waals surface area (Å²) < 4.78 is 9.49. The van der Waals surface area contributed by atoms with Gasteiger partial charge in [0.25, 0.3) is 0 Å². The fraction of sp³-hybridized carbons (Fsp3) is 0.419. The number of nitrogens with zero attached hydrogens (tertiary/aromatic N) is 5. The molecule has 16 nitrogen and oxygen atoms in total. The van der Waals surface area contributed by atoms with Crippen LogP contribution in [0.4, 0.5) is 9.59 Å². The van der Waals surface area contributed by atoms with Crippen LogP contribution in [-0.2, 0) is 19.1 Å². The number of β-amino-alcohol motifs (C(OH)–C–C–N with tert-alkyl or cyclic N) is 1. The fourth-order valence-electron chi connectivity index (χ4n) is 7.97. The molecule has 59 heavy (non-hydrogen) atoms. The number of methoxy groups -OCH3 is 2. The van der Waals surface area contributed by atoms with E-state index in [0.29, 0.717) is 24.6 Å². The zero-order valence-electron chi connectivity index (χ0n) is 34.1. The van der Waals surface area contributed by atoms with Gasteiger partial charge in [0.1, 0.15) is 23.7 Å². The number of fused-ring (bicyclic) bond motifs is 1. The average Bonchev–Trinajstić information content (AvgIpc) is 4.08. The van der Waals surface area contributed by atoms with Crippen molar-refractivity contribution in [1.29, 1.82) is 0 Å². The first-order valence-corrected chi connectivity index (χ1v) is 19.9. The predicted octanol–water partition coefficient (Wildman–Crippen LogP) is 5.74. The number of carbonyl (C=O) groups is 4. The van der Waals surface area contributed by atoms with Gasteiger partial charge in [0.2, 0.25) is 11.8 Å². The lowest BCUT2D eigenvalue weighted by Gasteiger charge is -2.30. The summed E-state index contributed by atoms with van der Waals surface area (Å²) in [5, 5.41) is 16.8. The summed E-state index contributed by atoms with van der Waals surface area (Å²) in [4.78, 5) is 75.5. The molecule has 5 N–H and O–H groups in total. The van der Waals surface area contributed by atoms with Crippen molar-refractivity contribution in [2.75, 3.05) is 27.3 Å². The number of rotatable bonds is 11. The van der Waals surface area contributed by atoms with E-state index in [1.165, 1.54) is 14.2 Å². The van der Waals surface area contributed by atoms with Crippen LogP contribution >= 0.6 is 0 Å². The summed E-state index contributed by atoms with van der Waals surface area (Å²) in [6.07, 6.45) is 3.37. The maximum absolute atomic E-state index is 13.6. The molecule has 0 radical (unpaired) electrons. The number of hydrogen-bond acceptors (Lipinski definition) is 10.